The van der Waals surface area contributed by atoms with Crippen molar-refractivity contribution in [3.8, 4) is 0 Å². The summed E-state index contributed by atoms with van der Waals surface area (Å²) in [5.41, 5.74) is 2.19. The average molecular weight is 453 g/mol. The molecule has 6 nitrogen and oxygen atoms in total. The highest BCUT2D eigenvalue weighted by Gasteiger charge is 2.48. The molecule has 1 atom stereocenters. The second-order valence-electron chi connectivity index (χ2n) is 6.88. The largest absolute Gasteiger partial charge is 0.507 e. The molecule has 0 spiro atoms. The van der Waals surface area contributed by atoms with Crippen molar-refractivity contribution in [2.75, 3.05) is 4.90 Å². The molecule has 29 heavy (non-hydrogen) atoms. The fraction of sp³-hybridized carbons (Fsp3) is 0.136. The predicted molar refractivity (Wildman–Crippen MR) is 111 cm³/mol. The highest BCUT2D eigenvalue weighted by Crippen LogP contribution is 2.41. The summed E-state index contributed by atoms with van der Waals surface area (Å²) >= 11 is 3.35. The number of benzene rings is 2. The SMILES string of the molecule is Cc1ccc(C2C(=C(O)c3ccc(Br)cc3)C(=O)C(=O)N2c2cc(C)on2)cc1. The van der Waals surface area contributed by atoms with E-state index in [2.05, 4.69) is 21.1 Å². The fourth-order valence-electron chi connectivity index (χ4n) is 3.36. The molecule has 7 heteroatoms. The number of hydrogen-bond donors (Lipinski definition) is 1. The lowest BCUT2D eigenvalue weighted by atomic mass is 9.95. The summed E-state index contributed by atoms with van der Waals surface area (Å²) in [4.78, 5) is 27.1. The molecule has 0 bridgehead atoms. The van der Waals surface area contributed by atoms with Crippen molar-refractivity contribution >= 4 is 39.2 Å². The molecule has 2 heterocycles. The number of carbonyl (C=O) groups is 2. The molecule has 1 unspecified atom stereocenters. The molecule has 0 radical (unpaired) electrons. The van der Waals surface area contributed by atoms with E-state index in [1.165, 1.54) is 4.90 Å². The first-order chi connectivity index (χ1) is 13.9. The Morgan fingerprint density at radius 2 is 1.72 bits per heavy atom. The van der Waals surface area contributed by atoms with Gasteiger partial charge in [-0.05, 0) is 31.5 Å². The van der Waals surface area contributed by atoms with Crippen LogP contribution in [0, 0.1) is 13.8 Å². The van der Waals surface area contributed by atoms with Gasteiger partial charge in [0.15, 0.2) is 5.82 Å². The molecule has 2 aromatic carbocycles. The molecule has 0 saturated carbocycles. The summed E-state index contributed by atoms with van der Waals surface area (Å²) in [6, 6.07) is 15.1. The Morgan fingerprint density at radius 3 is 2.31 bits per heavy atom. The third-order valence-electron chi connectivity index (χ3n) is 4.82. The maximum absolute atomic E-state index is 13.0. The number of aliphatic hydroxyl groups excluding tert-OH is 1. The van der Waals surface area contributed by atoms with Crippen molar-refractivity contribution < 1.29 is 19.2 Å². The lowest BCUT2D eigenvalue weighted by Gasteiger charge is -2.23. The quantitative estimate of drug-likeness (QED) is 0.354. The van der Waals surface area contributed by atoms with Gasteiger partial charge in [-0.25, -0.2) is 0 Å². The van der Waals surface area contributed by atoms with Crippen molar-refractivity contribution in [3.63, 3.8) is 0 Å². The van der Waals surface area contributed by atoms with Gasteiger partial charge >= 0.3 is 5.91 Å². The van der Waals surface area contributed by atoms with E-state index in [1.807, 2.05) is 31.2 Å². The molecule has 1 aromatic heterocycles. The van der Waals surface area contributed by atoms with Crippen LogP contribution in [0.4, 0.5) is 5.82 Å². The van der Waals surface area contributed by atoms with E-state index in [9.17, 15) is 14.7 Å². The van der Waals surface area contributed by atoms with Crippen LogP contribution in [-0.4, -0.2) is 22.0 Å². The molecule has 146 valence electrons. The Bertz CT molecular complexity index is 1130. The number of rotatable bonds is 3. The smallest absolute Gasteiger partial charge is 0.301 e. The van der Waals surface area contributed by atoms with Crippen LogP contribution in [0.15, 0.2) is 69.2 Å². The fourth-order valence-corrected chi connectivity index (χ4v) is 3.63. The summed E-state index contributed by atoms with van der Waals surface area (Å²) in [6.07, 6.45) is 0. The molecule has 1 amide bonds. The number of aromatic nitrogens is 1. The lowest BCUT2D eigenvalue weighted by Crippen LogP contribution is -2.29. The number of nitrogens with zero attached hydrogens (tertiary/aromatic N) is 2. The topological polar surface area (TPSA) is 83.6 Å². The van der Waals surface area contributed by atoms with Crippen LogP contribution in [0.2, 0.25) is 0 Å². The summed E-state index contributed by atoms with van der Waals surface area (Å²) in [6.45, 7) is 3.65. The number of halogens is 1. The third kappa shape index (κ3) is 3.38. The van der Waals surface area contributed by atoms with Gasteiger partial charge in [0.1, 0.15) is 11.5 Å². The molecule has 3 aromatic rings. The van der Waals surface area contributed by atoms with E-state index in [4.69, 9.17) is 4.52 Å². The summed E-state index contributed by atoms with van der Waals surface area (Å²) in [7, 11) is 0. The van der Waals surface area contributed by atoms with Crippen molar-refractivity contribution in [2.24, 2.45) is 0 Å². The number of carbonyl (C=O) groups excluding carboxylic acids is 2. The van der Waals surface area contributed by atoms with E-state index >= 15 is 0 Å². The van der Waals surface area contributed by atoms with Crippen LogP contribution in [0.5, 0.6) is 0 Å². The zero-order valence-electron chi connectivity index (χ0n) is 15.7. The van der Waals surface area contributed by atoms with Gasteiger partial charge < -0.3 is 9.63 Å². The number of Topliss-reactive ketones (excluding diaryl/α,β-unsaturated/α-hetero) is 1. The first-order valence-electron chi connectivity index (χ1n) is 8.93. The zero-order valence-corrected chi connectivity index (χ0v) is 17.3. The highest BCUT2D eigenvalue weighted by molar-refractivity contribution is 9.10. The molecule has 0 aliphatic carbocycles. The number of aryl methyl sites for hydroxylation is 2. The second kappa shape index (κ2) is 7.33. The molecule has 1 N–H and O–H groups in total. The van der Waals surface area contributed by atoms with Crippen LogP contribution in [0.1, 0.15) is 28.5 Å². The molecule has 1 aliphatic rings. The first-order valence-corrected chi connectivity index (χ1v) is 9.73. The predicted octanol–water partition coefficient (Wildman–Crippen LogP) is 4.68. The summed E-state index contributed by atoms with van der Waals surface area (Å²) in [5, 5.41) is 14.9. The highest BCUT2D eigenvalue weighted by atomic mass is 79.9. The number of amides is 1. The van der Waals surface area contributed by atoms with E-state index in [0.717, 1.165) is 10.0 Å². The van der Waals surface area contributed by atoms with Crippen molar-refractivity contribution in [3.05, 3.63) is 87.1 Å². The number of anilines is 1. The van der Waals surface area contributed by atoms with Gasteiger partial charge in [-0.1, -0.05) is 63.0 Å². The van der Waals surface area contributed by atoms with E-state index in [0.29, 0.717) is 16.9 Å². The van der Waals surface area contributed by atoms with Crippen LogP contribution in [0.3, 0.4) is 0 Å². The number of ketones is 1. The van der Waals surface area contributed by atoms with Crippen LogP contribution >= 0.6 is 15.9 Å². The Morgan fingerprint density at radius 1 is 1.07 bits per heavy atom. The van der Waals surface area contributed by atoms with Crippen molar-refractivity contribution in [2.45, 2.75) is 19.9 Å². The summed E-state index contributed by atoms with van der Waals surface area (Å²) < 4.78 is 5.95. The molecule has 1 aliphatic heterocycles. The van der Waals surface area contributed by atoms with Crippen molar-refractivity contribution in [1.29, 1.82) is 0 Å². The van der Waals surface area contributed by atoms with E-state index < -0.39 is 17.7 Å². The minimum Gasteiger partial charge on any atom is -0.507 e. The second-order valence-corrected chi connectivity index (χ2v) is 7.80. The van der Waals surface area contributed by atoms with Gasteiger partial charge in [-0.2, -0.15) is 0 Å². The van der Waals surface area contributed by atoms with E-state index in [1.54, 1.807) is 37.3 Å². The summed E-state index contributed by atoms with van der Waals surface area (Å²) in [5.74, 6) is -1.02. The molecular weight excluding hydrogens is 436 g/mol. The monoisotopic (exact) mass is 452 g/mol. The van der Waals surface area contributed by atoms with Gasteiger partial charge in [0.05, 0.1) is 11.6 Å². The Kier molecular flexibility index (Phi) is 4.84. The normalized spacial score (nSPS) is 18.4. The molecule has 1 fully saturated rings. The molecule has 4 rings (SSSR count). The zero-order chi connectivity index (χ0) is 20.7. The first kappa shape index (κ1) is 19.1. The molecule has 1 saturated heterocycles. The minimum absolute atomic E-state index is 0.0156. The average Bonchev–Trinajstić information content (AvgIpc) is 3.24. The standard InChI is InChI=1S/C22H17BrN2O4/c1-12-3-5-14(6-4-12)19-18(20(26)15-7-9-16(23)10-8-15)21(27)22(28)25(19)17-11-13(2)29-24-17/h3-11,19,26H,1-2H3. The third-order valence-corrected chi connectivity index (χ3v) is 5.35. The number of aliphatic hydroxyl groups is 1. The van der Waals surface area contributed by atoms with Gasteiger partial charge in [-0.15, -0.1) is 0 Å². The Labute approximate surface area is 175 Å². The van der Waals surface area contributed by atoms with Crippen LogP contribution in [0.25, 0.3) is 5.76 Å². The van der Waals surface area contributed by atoms with Crippen LogP contribution < -0.4 is 4.90 Å². The van der Waals surface area contributed by atoms with E-state index in [-0.39, 0.29) is 17.2 Å². The van der Waals surface area contributed by atoms with Gasteiger partial charge in [-0.3, -0.25) is 14.5 Å². The van der Waals surface area contributed by atoms with Gasteiger partial charge in [0, 0.05) is 16.1 Å². The lowest BCUT2D eigenvalue weighted by molar-refractivity contribution is -0.132. The maximum atomic E-state index is 13.0. The minimum atomic E-state index is -0.816. The molecular formula is C22H17BrN2O4. The van der Waals surface area contributed by atoms with Crippen molar-refractivity contribution in [1.82, 2.24) is 5.16 Å². The Balaban J connectivity index is 1.93. The van der Waals surface area contributed by atoms with Gasteiger partial charge in [0.25, 0.3) is 5.78 Å². The van der Waals surface area contributed by atoms with Crippen LogP contribution in [-0.2, 0) is 9.59 Å². The maximum Gasteiger partial charge on any atom is 0.301 e. The Hall–Kier alpha value is -3.19. The van der Waals surface area contributed by atoms with Gasteiger partial charge in [0.2, 0.25) is 0 Å². The number of hydrogen-bond acceptors (Lipinski definition) is 5.